The molecule has 0 unspecified atom stereocenters. The minimum atomic E-state index is -0.875. The smallest absolute Gasteiger partial charge is 0.319 e. The molecule has 1 rings (SSSR count). The zero-order valence-corrected chi connectivity index (χ0v) is 13.0. The van der Waals surface area contributed by atoms with Crippen LogP contribution in [0.25, 0.3) is 0 Å². The van der Waals surface area contributed by atoms with Crippen molar-refractivity contribution in [1.29, 1.82) is 0 Å². The van der Waals surface area contributed by atoms with Crippen LogP contribution >= 0.6 is 0 Å². The Morgan fingerprint density at radius 1 is 1.43 bits per heavy atom. The molecule has 0 radical (unpaired) electrons. The molecule has 7 nitrogen and oxygen atoms in total. The molecule has 0 bridgehead atoms. The number of aliphatic carboxylic acids is 1. The van der Waals surface area contributed by atoms with Crippen LogP contribution in [0.3, 0.4) is 0 Å². The zero-order valence-electron chi connectivity index (χ0n) is 13.0. The fourth-order valence-electron chi connectivity index (χ4n) is 1.85. The van der Waals surface area contributed by atoms with E-state index in [4.69, 9.17) is 5.11 Å². The molecule has 0 saturated carbocycles. The molecule has 7 heteroatoms. The molecule has 118 valence electrons. The summed E-state index contributed by atoms with van der Waals surface area (Å²) in [4.78, 5) is 22.5. The normalized spacial score (nSPS) is 11.5. The Kier molecular flexibility index (Phi) is 5.75. The number of nitrogens with zero attached hydrogens (tertiary/aromatic N) is 2. The van der Waals surface area contributed by atoms with Gasteiger partial charge in [0.1, 0.15) is 0 Å². The second-order valence-corrected chi connectivity index (χ2v) is 6.20. The predicted octanol–water partition coefficient (Wildman–Crippen LogP) is 2.30. The zero-order chi connectivity index (χ0) is 16.0. The van der Waals surface area contributed by atoms with Gasteiger partial charge in [-0.05, 0) is 26.2 Å². The number of carboxylic acid groups (broad SMARTS) is 1. The van der Waals surface area contributed by atoms with Crippen LogP contribution in [0.1, 0.15) is 40.5 Å². The standard InChI is InChI=1S/C14H24N4O3/c1-10(2)8-18-9-11(7-15-18)16-13(21)17-14(3,4)6-5-12(19)20/h7,9-10H,5-6,8H2,1-4H3,(H,19,20)(H2,16,17,21). The summed E-state index contributed by atoms with van der Waals surface area (Å²) in [6.07, 6.45) is 3.73. The lowest BCUT2D eigenvalue weighted by Gasteiger charge is -2.25. The summed E-state index contributed by atoms with van der Waals surface area (Å²) in [5, 5.41) is 18.3. The van der Waals surface area contributed by atoms with E-state index in [0.717, 1.165) is 6.54 Å². The van der Waals surface area contributed by atoms with Crippen LogP contribution in [0.5, 0.6) is 0 Å². The van der Waals surface area contributed by atoms with E-state index < -0.39 is 11.5 Å². The first-order chi connectivity index (χ1) is 9.68. The molecule has 1 aromatic heterocycles. The molecule has 0 aliphatic rings. The highest BCUT2D eigenvalue weighted by atomic mass is 16.4. The van der Waals surface area contributed by atoms with Gasteiger partial charge in [-0.3, -0.25) is 9.48 Å². The van der Waals surface area contributed by atoms with E-state index in [2.05, 4.69) is 29.6 Å². The van der Waals surface area contributed by atoms with Gasteiger partial charge in [0.2, 0.25) is 0 Å². The van der Waals surface area contributed by atoms with E-state index in [9.17, 15) is 9.59 Å². The van der Waals surface area contributed by atoms with Gasteiger partial charge in [-0.25, -0.2) is 4.79 Å². The van der Waals surface area contributed by atoms with Gasteiger partial charge in [-0.15, -0.1) is 0 Å². The van der Waals surface area contributed by atoms with Crippen molar-refractivity contribution >= 4 is 17.7 Å². The summed E-state index contributed by atoms with van der Waals surface area (Å²) in [7, 11) is 0. The largest absolute Gasteiger partial charge is 0.481 e. The van der Waals surface area contributed by atoms with Crippen molar-refractivity contribution in [3.8, 4) is 0 Å². The third kappa shape index (κ3) is 6.78. The van der Waals surface area contributed by atoms with Gasteiger partial charge in [-0.2, -0.15) is 5.10 Å². The number of urea groups is 1. The lowest BCUT2D eigenvalue weighted by molar-refractivity contribution is -0.137. The summed E-state index contributed by atoms with van der Waals surface area (Å²) >= 11 is 0. The molecule has 0 atom stereocenters. The van der Waals surface area contributed by atoms with E-state index >= 15 is 0 Å². The molecule has 0 aromatic carbocycles. The number of carboxylic acids is 1. The molecule has 1 heterocycles. The van der Waals surface area contributed by atoms with Gasteiger partial charge >= 0.3 is 12.0 Å². The SMILES string of the molecule is CC(C)Cn1cc(NC(=O)NC(C)(C)CCC(=O)O)cn1. The number of amides is 2. The van der Waals surface area contributed by atoms with Gasteiger partial charge in [0.15, 0.2) is 0 Å². The Hall–Kier alpha value is -2.05. The van der Waals surface area contributed by atoms with Gasteiger partial charge in [0.05, 0.1) is 11.9 Å². The summed E-state index contributed by atoms with van der Waals surface area (Å²) in [5.74, 6) is -0.401. The molecule has 21 heavy (non-hydrogen) atoms. The Morgan fingerprint density at radius 3 is 2.67 bits per heavy atom. The van der Waals surface area contributed by atoms with Crippen molar-refractivity contribution in [1.82, 2.24) is 15.1 Å². The summed E-state index contributed by atoms with van der Waals surface area (Å²) < 4.78 is 1.77. The molecule has 0 saturated heterocycles. The van der Waals surface area contributed by atoms with Crippen LogP contribution in [0, 0.1) is 5.92 Å². The van der Waals surface area contributed by atoms with Crippen molar-refractivity contribution in [3.63, 3.8) is 0 Å². The van der Waals surface area contributed by atoms with E-state index in [-0.39, 0.29) is 12.5 Å². The Balaban J connectivity index is 2.49. The van der Waals surface area contributed by atoms with Crippen LogP contribution in [-0.4, -0.2) is 32.4 Å². The highest BCUT2D eigenvalue weighted by Crippen LogP contribution is 2.12. The van der Waals surface area contributed by atoms with Gasteiger partial charge in [-0.1, -0.05) is 13.8 Å². The Labute approximate surface area is 124 Å². The first kappa shape index (κ1) is 17.0. The summed E-state index contributed by atoms with van der Waals surface area (Å²) in [5.41, 5.74) is 0.0262. The summed E-state index contributed by atoms with van der Waals surface area (Å²) in [6, 6.07) is -0.366. The second kappa shape index (κ2) is 7.10. The third-order valence-electron chi connectivity index (χ3n) is 2.86. The average molecular weight is 296 g/mol. The van der Waals surface area contributed by atoms with Gasteiger partial charge < -0.3 is 15.7 Å². The Bertz CT molecular complexity index is 494. The number of aromatic nitrogens is 2. The van der Waals surface area contributed by atoms with E-state index in [1.165, 1.54) is 0 Å². The molecule has 1 aromatic rings. The third-order valence-corrected chi connectivity index (χ3v) is 2.86. The molecular formula is C14H24N4O3. The van der Waals surface area contributed by atoms with Crippen molar-refractivity contribution in [3.05, 3.63) is 12.4 Å². The van der Waals surface area contributed by atoms with Gasteiger partial charge in [0, 0.05) is 24.7 Å². The molecule has 0 aliphatic heterocycles. The van der Waals surface area contributed by atoms with Crippen LogP contribution in [0.4, 0.5) is 10.5 Å². The highest BCUT2D eigenvalue weighted by molar-refractivity contribution is 5.89. The van der Waals surface area contributed by atoms with Crippen molar-refractivity contribution < 1.29 is 14.7 Å². The lowest BCUT2D eigenvalue weighted by atomic mass is 9.99. The van der Waals surface area contributed by atoms with E-state index in [1.54, 1.807) is 30.9 Å². The maximum absolute atomic E-state index is 11.9. The molecule has 3 N–H and O–H groups in total. The number of hydrogen-bond donors (Lipinski definition) is 3. The van der Waals surface area contributed by atoms with Crippen LogP contribution in [0.15, 0.2) is 12.4 Å². The monoisotopic (exact) mass is 296 g/mol. The number of rotatable bonds is 7. The molecule has 0 aliphatic carbocycles. The minimum absolute atomic E-state index is 0.0135. The lowest BCUT2D eigenvalue weighted by Crippen LogP contribution is -2.45. The molecule has 0 fully saturated rings. The number of anilines is 1. The highest BCUT2D eigenvalue weighted by Gasteiger charge is 2.21. The topological polar surface area (TPSA) is 96.2 Å². The van der Waals surface area contributed by atoms with Crippen LogP contribution in [0.2, 0.25) is 0 Å². The van der Waals surface area contributed by atoms with Gasteiger partial charge in [0.25, 0.3) is 0 Å². The number of nitrogens with one attached hydrogen (secondary N) is 2. The van der Waals surface area contributed by atoms with Crippen molar-refractivity contribution in [2.45, 2.75) is 52.6 Å². The first-order valence-corrected chi connectivity index (χ1v) is 7.01. The maximum atomic E-state index is 11.9. The van der Waals surface area contributed by atoms with Crippen LogP contribution in [-0.2, 0) is 11.3 Å². The molecular weight excluding hydrogens is 272 g/mol. The number of carbonyl (C=O) groups is 2. The molecule has 2 amide bonds. The average Bonchev–Trinajstić information content (AvgIpc) is 2.72. The minimum Gasteiger partial charge on any atom is -0.481 e. The van der Waals surface area contributed by atoms with E-state index in [0.29, 0.717) is 18.0 Å². The van der Waals surface area contributed by atoms with Crippen LogP contribution < -0.4 is 10.6 Å². The van der Waals surface area contributed by atoms with Crippen molar-refractivity contribution in [2.24, 2.45) is 5.92 Å². The number of carbonyl (C=O) groups excluding carboxylic acids is 1. The second-order valence-electron chi connectivity index (χ2n) is 6.20. The first-order valence-electron chi connectivity index (χ1n) is 7.01. The van der Waals surface area contributed by atoms with E-state index in [1.807, 2.05) is 0 Å². The quantitative estimate of drug-likeness (QED) is 0.719. The summed E-state index contributed by atoms with van der Waals surface area (Å²) in [6.45, 7) is 8.54. The number of hydrogen-bond acceptors (Lipinski definition) is 3. The molecule has 0 spiro atoms. The predicted molar refractivity (Wildman–Crippen MR) is 80.2 cm³/mol. The fraction of sp³-hybridized carbons (Fsp3) is 0.643. The fourth-order valence-corrected chi connectivity index (χ4v) is 1.85. The Morgan fingerprint density at radius 2 is 2.10 bits per heavy atom. The van der Waals surface area contributed by atoms with Crippen molar-refractivity contribution in [2.75, 3.05) is 5.32 Å². The maximum Gasteiger partial charge on any atom is 0.319 e.